The number of carbonyl (C=O) groups is 1. The molecule has 1 aromatic carbocycles. The van der Waals surface area contributed by atoms with Gasteiger partial charge in [-0.3, -0.25) is 9.78 Å². The SMILES string of the molecule is O=C(c1ccc2c(c1)CCC2)N(Cc1ccccn1)C1CCCNCC1. The average molecular weight is 349 g/mol. The summed E-state index contributed by atoms with van der Waals surface area (Å²) in [7, 11) is 0. The van der Waals surface area contributed by atoms with Crippen LogP contribution >= 0.6 is 0 Å². The molecule has 1 N–H and O–H groups in total. The van der Waals surface area contributed by atoms with E-state index in [2.05, 4.69) is 27.3 Å². The van der Waals surface area contributed by atoms with Crippen molar-refractivity contribution in [1.82, 2.24) is 15.2 Å². The minimum atomic E-state index is 0.150. The topological polar surface area (TPSA) is 45.2 Å². The molecule has 0 radical (unpaired) electrons. The van der Waals surface area contributed by atoms with Gasteiger partial charge >= 0.3 is 0 Å². The van der Waals surface area contributed by atoms with E-state index in [0.717, 1.165) is 56.5 Å². The van der Waals surface area contributed by atoms with Crippen LogP contribution in [0.2, 0.25) is 0 Å². The van der Waals surface area contributed by atoms with Crippen LogP contribution in [0, 0.1) is 0 Å². The summed E-state index contributed by atoms with van der Waals surface area (Å²) in [5.41, 5.74) is 4.56. The lowest BCUT2D eigenvalue weighted by atomic mass is 10.0. The zero-order valence-corrected chi connectivity index (χ0v) is 15.3. The zero-order valence-electron chi connectivity index (χ0n) is 15.3. The van der Waals surface area contributed by atoms with Crippen LogP contribution in [-0.4, -0.2) is 34.9 Å². The van der Waals surface area contributed by atoms with E-state index in [-0.39, 0.29) is 11.9 Å². The largest absolute Gasteiger partial charge is 0.330 e. The Balaban J connectivity index is 1.61. The Bertz CT molecular complexity index is 751. The van der Waals surface area contributed by atoms with Crippen molar-refractivity contribution in [3.8, 4) is 0 Å². The highest BCUT2D eigenvalue weighted by Crippen LogP contribution is 2.25. The van der Waals surface area contributed by atoms with E-state index < -0.39 is 0 Å². The predicted octanol–water partition coefficient (Wildman–Crippen LogP) is 3.35. The number of hydrogen-bond acceptors (Lipinski definition) is 3. The number of nitrogens with one attached hydrogen (secondary N) is 1. The molecule has 1 aliphatic carbocycles. The van der Waals surface area contributed by atoms with Gasteiger partial charge in [0.1, 0.15) is 0 Å². The summed E-state index contributed by atoms with van der Waals surface area (Å²) in [6.45, 7) is 2.60. The Hall–Kier alpha value is -2.20. The molecule has 1 aliphatic heterocycles. The fraction of sp³-hybridized carbons (Fsp3) is 0.455. The molecule has 4 heteroatoms. The van der Waals surface area contributed by atoms with Crippen molar-refractivity contribution in [2.45, 2.75) is 51.1 Å². The number of aryl methyl sites for hydroxylation is 2. The second-order valence-corrected chi connectivity index (χ2v) is 7.43. The molecule has 26 heavy (non-hydrogen) atoms. The number of carbonyl (C=O) groups excluding carboxylic acids is 1. The quantitative estimate of drug-likeness (QED) is 0.921. The summed E-state index contributed by atoms with van der Waals surface area (Å²) >= 11 is 0. The number of benzene rings is 1. The van der Waals surface area contributed by atoms with E-state index in [1.165, 1.54) is 17.5 Å². The van der Waals surface area contributed by atoms with E-state index >= 15 is 0 Å². The zero-order chi connectivity index (χ0) is 17.8. The Morgan fingerprint density at radius 2 is 2.00 bits per heavy atom. The highest BCUT2D eigenvalue weighted by atomic mass is 16.2. The Morgan fingerprint density at radius 3 is 2.88 bits per heavy atom. The first-order valence-corrected chi connectivity index (χ1v) is 9.84. The van der Waals surface area contributed by atoms with Gasteiger partial charge in [0.15, 0.2) is 0 Å². The first-order valence-electron chi connectivity index (χ1n) is 9.84. The molecule has 2 heterocycles. The lowest BCUT2D eigenvalue weighted by Gasteiger charge is -2.31. The summed E-state index contributed by atoms with van der Waals surface area (Å²) in [5.74, 6) is 0.150. The van der Waals surface area contributed by atoms with E-state index in [0.29, 0.717) is 6.54 Å². The molecule has 1 atom stereocenters. The van der Waals surface area contributed by atoms with Gasteiger partial charge in [-0.15, -0.1) is 0 Å². The normalized spacial score (nSPS) is 19.6. The van der Waals surface area contributed by atoms with Gasteiger partial charge < -0.3 is 10.2 Å². The highest BCUT2D eigenvalue weighted by molar-refractivity contribution is 5.94. The van der Waals surface area contributed by atoms with Crippen LogP contribution in [0.4, 0.5) is 0 Å². The molecule has 0 spiro atoms. The first kappa shape index (κ1) is 17.2. The standard InChI is InChI=1S/C22H27N3O/c26-22(19-10-9-17-5-3-6-18(17)15-19)25(16-20-7-1-2-13-24-20)21-8-4-12-23-14-11-21/h1-2,7,9-10,13,15,21,23H,3-6,8,11-12,14,16H2. The summed E-state index contributed by atoms with van der Waals surface area (Å²) in [6, 6.07) is 12.5. The summed E-state index contributed by atoms with van der Waals surface area (Å²) in [5, 5.41) is 3.46. The van der Waals surface area contributed by atoms with Gasteiger partial charge in [-0.05, 0) is 87.0 Å². The molecule has 136 valence electrons. The fourth-order valence-corrected chi connectivity index (χ4v) is 4.22. The second-order valence-electron chi connectivity index (χ2n) is 7.43. The van der Waals surface area contributed by atoms with E-state index in [9.17, 15) is 4.79 Å². The minimum Gasteiger partial charge on any atom is -0.330 e. The van der Waals surface area contributed by atoms with Gasteiger partial charge in [0.2, 0.25) is 0 Å². The van der Waals surface area contributed by atoms with Crippen LogP contribution in [0.5, 0.6) is 0 Å². The van der Waals surface area contributed by atoms with Crippen molar-refractivity contribution in [1.29, 1.82) is 0 Å². The molecule has 2 aromatic rings. The maximum atomic E-state index is 13.4. The van der Waals surface area contributed by atoms with E-state index in [4.69, 9.17) is 0 Å². The number of hydrogen-bond donors (Lipinski definition) is 1. The maximum Gasteiger partial charge on any atom is 0.254 e. The van der Waals surface area contributed by atoms with E-state index in [1.54, 1.807) is 0 Å². The number of fused-ring (bicyclic) bond motifs is 1. The molecule has 1 fully saturated rings. The molecule has 4 rings (SSSR count). The predicted molar refractivity (Wildman–Crippen MR) is 103 cm³/mol. The van der Waals surface area contributed by atoms with Crippen molar-refractivity contribution in [3.63, 3.8) is 0 Å². The van der Waals surface area contributed by atoms with Crippen molar-refractivity contribution >= 4 is 5.91 Å². The third-order valence-corrected chi connectivity index (χ3v) is 5.65. The Kier molecular flexibility index (Phi) is 5.30. The number of aromatic nitrogens is 1. The van der Waals surface area contributed by atoms with Crippen LogP contribution in [-0.2, 0) is 19.4 Å². The molecule has 1 unspecified atom stereocenters. The lowest BCUT2D eigenvalue weighted by Crippen LogP contribution is -2.40. The third kappa shape index (κ3) is 3.80. The molecular formula is C22H27N3O. The fourth-order valence-electron chi connectivity index (χ4n) is 4.22. The van der Waals surface area contributed by atoms with Gasteiger partial charge in [0, 0.05) is 17.8 Å². The lowest BCUT2D eigenvalue weighted by molar-refractivity contribution is 0.0642. The monoisotopic (exact) mass is 349 g/mol. The van der Waals surface area contributed by atoms with Crippen LogP contribution in [0.1, 0.15) is 52.9 Å². The summed E-state index contributed by atoms with van der Waals surface area (Å²) < 4.78 is 0. The van der Waals surface area contributed by atoms with Crippen molar-refractivity contribution in [3.05, 3.63) is 65.0 Å². The van der Waals surface area contributed by atoms with E-state index in [1.807, 2.05) is 30.5 Å². The molecular weight excluding hydrogens is 322 g/mol. The van der Waals surface area contributed by atoms with Crippen molar-refractivity contribution in [2.24, 2.45) is 0 Å². The molecule has 2 aliphatic rings. The van der Waals surface area contributed by atoms with Crippen LogP contribution < -0.4 is 5.32 Å². The van der Waals surface area contributed by atoms with Crippen molar-refractivity contribution < 1.29 is 4.79 Å². The maximum absolute atomic E-state index is 13.4. The van der Waals surface area contributed by atoms with Gasteiger partial charge in [0.25, 0.3) is 5.91 Å². The molecule has 0 bridgehead atoms. The van der Waals surface area contributed by atoms with Crippen LogP contribution in [0.25, 0.3) is 0 Å². The van der Waals surface area contributed by atoms with Gasteiger partial charge in [-0.2, -0.15) is 0 Å². The number of pyridine rings is 1. The second kappa shape index (κ2) is 8.00. The average Bonchev–Trinajstić information content (AvgIpc) is 2.99. The molecule has 1 saturated heterocycles. The van der Waals surface area contributed by atoms with Crippen molar-refractivity contribution in [2.75, 3.05) is 13.1 Å². The summed E-state index contributed by atoms with van der Waals surface area (Å²) in [6.07, 6.45) is 8.43. The molecule has 1 amide bonds. The third-order valence-electron chi connectivity index (χ3n) is 5.65. The molecule has 4 nitrogen and oxygen atoms in total. The Morgan fingerprint density at radius 1 is 1.08 bits per heavy atom. The number of rotatable bonds is 4. The summed E-state index contributed by atoms with van der Waals surface area (Å²) in [4.78, 5) is 20.0. The van der Waals surface area contributed by atoms with Crippen LogP contribution in [0.15, 0.2) is 42.6 Å². The minimum absolute atomic E-state index is 0.150. The Labute approximate surface area is 155 Å². The van der Waals surface area contributed by atoms with Crippen LogP contribution in [0.3, 0.4) is 0 Å². The number of amides is 1. The molecule has 1 aromatic heterocycles. The van der Waals surface area contributed by atoms with Gasteiger partial charge in [-0.25, -0.2) is 0 Å². The smallest absolute Gasteiger partial charge is 0.254 e. The van der Waals surface area contributed by atoms with Gasteiger partial charge in [-0.1, -0.05) is 12.1 Å². The number of nitrogens with zero attached hydrogens (tertiary/aromatic N) is 2. The highest BCUT2D eigenvalue weighted by Gasteiger charge is 2.27. The first-order chi connectivity index (χ1) is 12.8. The molecule has 0 saturated carbocycles. The van der Waals surface area contributed by atoms with Gasteiger partial charge in [0.05, 0.1) is 12.2 Å².